The molecule has 1 amide bonds. The van der Waals surface area contributed by atoms with Crippen LogP contribution in [0.15, 0.2) is 42.5 Å². The second-order valence-electron chi connectivity index (χ2n) is 4.54. The molecule has 0 fully saturated rings. The van der Waals surface area contributed by atoms with E-state index in [1.54, 1.807) is 19.1 Å². The summed E-state index contributed by atoms with van der Waals surface area (Å²) in [5, 5.41) is 13.2. The highest BCUT2D eigenvalue weighted by atomic mass is 19.1. The number of halogens is 1. The molecule has 0 heterocycles. The van der Waals surface area contributed by atoms with Crippen molar-refractivity contribution < 1.29 is 18.8 Å². The molecule has 0 unspecified atom stereocenters. The number of nitrogens with one attached hydrogen (secondary N) is 1. The van der Waals surface area contributed by atoms with Crippen molar-refractivity contribution >= 4 is 17.3 Å². The lowest BCUT2D eigenvalue weighted by molar-refractivity contribution is -0.385. The Hall–Kier alpha value is -2.96. The van der Waals surface area contributed by atoms with Gasteiger partial charge in [0.05, 0.1) is 10.6 Å². The van der Waals surface area contributed by atoms with Gasteiger partial charge in [0, 0.05) is 6.07 Å². The van der Waals surface area contributed by atoms with Crippen LogP contribution in [0.1, 0.15) is 5.56 Å². The summed E-state index contributed by atoms with van der Waals surface area (Å²) in [4.78, 5) is 21.9. The van der Waals surface area contributed by atoms with Gasteiger partial charge in [0.25, 0.3) is 5.91 Å². The van der Waals surface area contributed by atoms with Crippen LogP contribution in [0.2, 0.25) is 0 Å². The summed E-state index contributed by atoms with van der Waals surface area (Å²) < 4.78 is 18.7. The molecule has 0 saturated carbocycles. The lowest BCUT2D eigenvalue weighted by Gasteiger charge is -2.08. The fourth-order valence-electron chi connectivity index (χ4n) is 1.78. The molecule has 22 heavy (non-hydrogen) atoms. The minimum atomic E-state index is -0.610. The number of anilines is 1. The Morgan fingerprint density at radius 2 is 2.05 bits per heavy atom. The molecule has 0 saturated heterocycles. The number of ether oxygens (including phenoxy) is 1. The van der Waals surface area contributed by atoms with Gasteiger partial charge in [-0.05, 0) is 30.7 Å². The molecule has 0 bridgehead atoms. The highest BCUT2D eigenvalue weighted by Gasteiger charge is 2.15. The van der Waals surface area contributed by atoms with E-state index in [4.69, 9.17) is 4.74 Å². The number of para-hydroxylation sites is 2. The molecule has 0 aliphatic rings. The van der Waals surface area contributed by atoms with Gasteiger partial charge in [-0.25, -0.2) is 4.39 Å². The van der Waals surface area contributed by atoms with Gasteiger partial charge < -0.3 is 10.1 Å². The Morgan fingerprint density at radius 3 is 2.73 bits per heavy atom. The van der Waals surface area contributed by atoms with E-state index in [0.717, 1.165) is 5.56 Å². The number of aryl methyl sites for hydroxylation is 1. The minimum Gasteiger partial charge on any atom is -0.477 e. The van der Waals surface area contributed by atoms with Gasteiger partial charge >= 0.3 is 5.69 Å². The quantitative estimate of drug-likeness (QED) is 0.680. The van der Waals surface area contributed by atoms with Crippen molar-refractivity contribution in [1.82, 2.24) is 0 Å². The Kier molecular flexibility index (Phi) is 4.67. The number of nitrogens with zero attached hydrogens (tertiary/aromatic N) is 1. The zero-order valence-electron chi connectivity index (χ0n) is 11.7. The molecule has 7 heteroatoms. The monoisotopic (exact) mass is 304 g/mol. The van der Waals surface area contributed by atoms with E-state index in [2.05, 4.69) is 5.32 Å². The van der Waals surface area contributed by atoms with Crippen molar-refractivity contribution in [3.8, 4) is 5.75 Å². The number of hydrogen-bond acceptors (Lipinski definition) is 4. The summed E-state index contributed by atoms with van der Waals surface area (Å²) in [6.07, 6.45) is 0. The number of carbonyl (C=O) groups is 1. The topological polar surface area (TPSA) is 81.5 Å². The maximum Gasteiger partial charge on any atom is 0.310 e. The van der Waals surface area contributed by atoms with Crippen molar-refractivity contribution in [3.63, 3.8) is 0 Å². The smallest absolute Gasteiger partial charge is 0.310 e. The van der Waals surface area contributed by atoms with E-state index < -0.39 is 23.3 Å². The molecule has 0 aliphatic heterocycles. The van der Waals surface area contributed by atoms with Gasteiger partial charge in [-0.1, -0.05) is 18.2 Å². The molecule has 0 spiro atoms. The number of nitro groups is 1. The molecule has 0 radical (unpaired) electrons. The second kappa shape index (κ2) is 6.66. The zero-order chi connectivity index (χ0) is 16.1. The summed E-state index contributed by atoms with van der Waals surface area (Å²) in [5.41, 5.74) is 0.519. The predicted octanol–water partition coefficient (Wildman–Crippen LogP) is 3.06. The Bertz CT molecular complexity index is 718. The van der Waals surface area contributed by atoms with E-state index in [9.17, 15) is 19.3 Å². The second-order valence-corrected chi connectivity index (χ2v) is 4.54. The van der Waals surface area contributed by atoms with Crippen molar-refractivity contribution in [1.29, 1.82) is 0 Å². The van der Waals surface area contributed by atoms with Crippen LogP contribution in [0, 0.1) is 22.9 Å². The predicted molar refractivity (Wildman–Crippen MR) is 78.4 cm³/mol. The summed E-state index contributed by atoms with van der Waals surface area (Å²) >= 11 is 0. The number of nitro benzene ring substituents is 1. The van der Waals surface area contributed by atoms with E-state index in [0.29, 0.717) is 0 Å². The van der Waals surface area contributed by atoms with E-state index in [-0.39, 0.29) is 17.1 Å². The Morgan fingerprint density at radius 1 is 1.32 bits per heavy atom. The third kappa shape index (κ3) is 3.78. The van der Waals surface area contributed by atoms with Crippen molar-refractivity contribution in [2.45, 2.75) is 6.92 Å². The van der Waals surface area contributed by atoms with Crippen LogP contribution in [0.5, 0.6) is 5.75 Å². The molecular formula is C15H13FN2O4. The van der Waals surface area contributed by atoms with Crippen LogP contribution in [-0.4, -0.2) is 17.4 Å². The SMILES string of the molecule is Cc1ccc(NC(=O)COc2ccccc2[N+](=O)[O-])c(F)c1. The molecular weight excluding hydrogens is 291 g/mol. The van der Waals surface area contributed by atoms with E-state index in [1.807, 2.05) is 0 Å². The zero-order valence-corrected chi connectivity index (χ0v) is 11.7. The maximum absolute atomic E-state index is 13.6. The molecule has 6 nitrogen and oxygen atoms in total. The fourth-order valence-corrected chi connectivity index (χ4v) is 1.78. The molecule has 114 valence electrons. The maximum atomic E-state index is 13.6. The first-order valence-corrected chi connectivity index (χ1v) is 6.39. The summed E-state index contributed by atoms with van der Waals surface area (Å²) in [6.45, 7) is 1.27. The third-order valence-corrected chi connectivity index (χ3v) is 2.82. The van der Waals surface area contributed by atoms with Gasteiger partial charge in [-0.15, -0.1) is 0 Å². The average Bonchev–Trinajstić information content (AvgIpc) is 2.48. The minimum absolute atomic E-state index is 0.0213. The van der Waals surface area contributed by atoms with Crippen LogP contribution in [0.25, 0.3) is 0 Å². The number of hydrogen-bond donors (Lipinski definition) is 1. The first kappa shape index (κ1) is 15.4. The molecule has 2 rings (SSSR count). The largest absolute Gasteiger partial charge is 0.477 e. The molecule has 2 aromatic rings. The van der Waals surface area contributed by atoms with Crippen LogP contribution in [-0.2, 0) is 4.79 Å². The van der Waals surface area contributed by atoms with Crippen molar-refractivity contribution in [2.24, 2.45) is 0 Å². The highest BCUT2D eigenvalue weighted by Crippen LogP contribution is 2.25. The first-order valence-electron chi connectivity index (χ1n) is 6.39. The summed E-state index contributed by atoms with van der Waals surface area (Å²) in [5.74, 6) is -1.19. The Labute approximate surface area is 125 Å². The van der Waals surface area contributed by atoms with Crippen molar-refractivity contribution in [3.05, 3.63) is 64.0 Å². The lowest BCUT2D eigenvalue weighted by atomic mass is 10.2. The normalized spacial score (nSPS) is 10.1. The summed E-state index contributed by atoms with van der Waals surface area (Å²) in [7, 11) is 0. The van der Waals surface area contributed by atoms with Gasteiger partial charge in [-0.3, -0.25) is 14.9 Å². The van der Waals surface area contributed by atoms with Crippen LogP contribution in [0.3, 0.4) is 0 Å². The lowest BCUT2D eigenvalue weighted by Crippen LogP contribution is -2.21. The number of carbonyl (C=O) groups excluding carboxylic acids is 1. The van der Waals surface area contributed by atoms with Gasteiger partial charge in [0.15, 0.2) is 12.4 Å². The fraction of sp³-hybridized carbons (Fsp3) is 0.133. The average molecular weight is 304 g/mol. The number of amides is 1. The summed E-state index contributed by atoms with van der Waals surface area (Å²) in [6, 6.07) is 10.1. The molecule has 0 atom stereocenters. The third-order valence-electron chi connectivity index (χ3n) is 2.82. The molecule has 0 aliphatic carbocycles. The van der Waals surface area contributed by atoms with Crippen LogP contribution in [0.4, 0.5) is 15.8 Å². The van der Waals surface area contributed by atoms with Crippen LogP contribution < -0.4 is 10.1 Å². The van der Waals surface area contributed by atoms with E-state index >= 15 is 0 Å². The highest BCUT2D eigenvalue weighted by molar-refractivity contribution is 5.92. The standard InChI is InChI=1S/C15H13FN2O4/c1-10-6-7-12(11(16)8-10)17-15(19)9-22-14-5-3-2-4-13(14)18(20)21/h2-8H,9H2,1H3,(H,17,19). The van der Waals surface area contributed by atoms with Crippen LogP contribution >= 0.6 is 0 Å². The van der Waals surface area contributed by atoms with Gasteiger partial charge in [0.2, 0.25) is 0 Å². The van der Waals surface area contributed by atoms with E-state index in [1.165, 1.54) is 30.3 Å². The number of benzene rings is 2. The van der Waals surface area contributed by atoms with Gasteiger partial charge in [0.1, 0.15) is 5.82 Å². The van der Waals surface area contributed by atoms with Gasteiger partial charge in [-0.2, -0.15) is 0 Å². The molecule has 0 aromatic heterocycles. The Balaban J connectivity index is 2.00. The first-order chi connectivity index (χ1) is 10.5. The molecule has 2 aromatic carbocycles. The number of rotatable bonds is 5. The molecule has 1 N–H and O–H groups in total. The van der Waals surface area contributed by atoms with Crippen molar-refractivity contribution in [2.75, 3.05) is 11.9 Å².